The van der Waals surface area contributed by atoms with Gasteiger partial charge in [-0.05, 0) is 50.8 Å². The quantitative estimate of drug-likeness (QED) is 0.709. The maximum absolute atomic E-state index is 12.6. The number of esters is 1. The van der Waals surface area contributed by atoms with Gasteiger partial charge in [-0.25, -0.2) is 4.79 Å². The van der Waals surface area contributed by atoms with Crippen LogP contribution in [0.4, 0.5) is 0 Å². The molecule has 3 rings (SSSR count). The summed E-state index contributed by atoms with van der Waals surface area (Å²) >= 11 is 9.74. The van der Waals surface area contributed by atoms with E-state index in [1.54, 1.807) is 12.1 Å². The number of benzene rings is 1. The van der Waals surface area contributed by atoms with Gasteiger partial charge in [0.05, 0.1) is 0 Å². The molecule has 0 bridgehead atoms. The Morgan fingerprint density at radius 3 is 2.92 bits per heavy atom. The van der Waals surface area contributed by atoms with E-state index < -0.39 is 11.6 Å². The van der Waals surface area contributed by atoms with Crippen molar-refractivity contribution in [2.24, 2.45) is 0 Å². The number of ether oxygens (including phenoxy) is 2. The molecule has 2 atom stereocenters. The Kier molecular flexibility index (Phi) is 4.96. The van der Waals surface area contributed by atoms with Crippen molar-refractivity contribution in [2.75, 3.05) is 6.61 Å². The molecular formula is C18H20BrClO4. The highest BCUT2D eigenvalue weighted by atomic mass is 79.9. The molecule has 1 saturated carbocycles. The van der Waals surface area contributed by atoms with E-state index in [1.165, 1.54) is 0 Å². The molecule has 0 radical (unpaired) electrons. The molecule has 1 fully saturated rings. The molecule has 0 aromatic heterocycles. The van der Waals surface area contributed by atoms with Crippen molar-refractivity contribution >= 4 is 39.1 Å². The molecule has 1 spiro atoms. The minimum atomic E-state index is -1.08. The highest BCUT2D eigenvalue weighted by Crippen LogP contribution is 2.47. The van der Waals surface area contributed by atoms with Crippen LogP contribution in [0.15, 0.2) is 22.4 Å². The minimum absolute atomic E-state index is 0.0470. The van der Waals surface area contributed by atoms with Crippen LogP contribution in [-0.2, 0) is 14.3 Å². The molecule has 2 aliphatic rings. The van der Waals surface area contributed by atoms with Crippen LogP contribution in [-0.4, -0.2) is 29.4 Å². The molecule has 2 unspecified atom stereocenters. The summed E-state index contributed by atoms with van der Waals surface area (Å²) in [5, 5.41) is 11.3. The molecule has 1 aliphatic heterocycles. The van der Waals surface area contributed by atoms with Gasteiger partial charge < -0.3 is 14.6 Å². The van der Waals surface area contributed by atoms with Crippen LogP contribution < -0.4 is 0 Å². The summed E-state index contributed by atoms with van der Waals surface area (Å²) in [7, 11) is 0. The van der Waals surface area contributed by atoms with Crippen LogP contribution >= 0.6 is 27.5 Å². The molecule has 1 N–H and O–H groups in total. The highest BCUT2D eigenvalue weighted by molar-refractivity contribution is 9.10. The van der Waals surface area contributed by atoms with E-state index in [1.807, 2.05) is 13.8 Å². The molecule has 130 valence electrons. The zero-order valence-corrected chi connectivity index (χ0v) is 16.0. The second-order valence-electron chi connectivity index (χ2n) is 6.27. The Morgan fingerprint density at radius 2 is 2.21 bits per heavy atom. The molecule has 1 heterocycles. The molecule has 6 heteroatoms. The smallest absolute Gasteiger partial charge is 0.343 e. The average Bonchev–Trinajstić information content (AvgIpc) is 2.77. The van der Waals surface area contributed by atoms with E-state index in [2.05, 4.69) is 15.9 Å². The second kappa shape index (κ2) is 6.70. The van der Waals surface area contributed by atoms with E-state index in [-0.39, 0.29) is 17.4 Å². The maximum Gasteiger partial charge on any atom is 0.343 e. The molecule has 1 aromatic carbocycles. The van der Waals surface area contributed by atoms with Crippen molar-refractivity contribution in [1.82, 2.24) is 0 Å². The maximum atomic E-state index is 12.6. The van der Waals surface area contributed by atoms with Crippen molar-refractivity contribution in [3.05, 3.63) is 38.5 Å². The lowest BCUT2D eigenvalue weighted by atomic mass is 9.80. The molecule has 24 heavy (non-hydrogen) atoms. The largest absolute Gasteiger partial charge is 0.507 e. The molecule has 0 amide bonds. The topological polar surface area (TPSA) is 55.8 Å². The van der Waals surface area contributed by atoms with Crippen molar-refractivity contribution < 1.29 is 19.4 Å². The lowest BCUT2D eigenvalue weighted by Gasteiger charge is -2.39. The summed E-state index contributed by atoms with van der Waals surface area (Å²) in [5.41, 5.74) is 0.499. The third-order valence-corrected chi connectivity index (χ3v) is 5.95. The van der Waals surface area contributed by atoms with Crippen LogP contribution in [0.25, 0.3) is 5.57 Å². The SMILES string of the molecule is CCOC1CCCCC12OC(=O)C(c1cc(C)c(Br)cc1Cl)=C2O. The number of carbonyl (C=O) groups is 1. The van der Waals surface area contributed by atoms with E-state index in [9.17, 15) is 9.90 Å². The number of aliphatic hydroxyl groups excluding tert-OH is 1. The number of carbonyl (C=O) groups excluding carboxylic acids is 1. The summed E-state index contributed by atoms with van der Waals surface area (Å²) in [5.74, 6) is -0.586. The molecule has 0 saturated heterocycles. The summed E-state index contributed by atoms with van der Waals surface area (Å²) < 4.78 is 12.3. The predicted molar refractivity (Wildman–Crippen MR) is 96.1 cm³/mol. The van der Waals surface area contributed by atoms with Gasteiger partial charge in [-0.1, -0.05) is 34.0 Å². The van der Waals surface area contributed by atoms with E-state index >= 15 is 0 Å². The first kappa shape index (κ1) is 17.8. The number of hydrogen-bond donors (Lipinski definition) is 1. The number of halogens is 2. The van der Waals surface area contributed by atoms with Crippen LogP contribution in [0.2, 0.25) is 5.02 Å². The average molecular weight is 416 g/mol. The number of aliphatic hydroxyl groups is 1. The normalized spacial score (nSPS) is 27.0. The van der Waals surface area contributed by atoms with Gasteiger partial charge in [-0.3, -0.25) is 0 Å². The van der Waals surface area contributed by atoms with Crippen LogP contribution in [0.1, 0.15) is 43.7 Å². The van der Waals surface area contributed by atoms with Crippen molar-refractivity contribution in [1.29, 1.82) is 0 Å². The van der Waals surface area contributed by atoms with Gasteiger partial charge in [0.25, 0.3) is 0 Å². The standard InChI is InChI=1S/C18H20BrClO4/c1-3-23-14-6-4-5-7-18(14)16(21)15(17(22)24-18)11-8-10(2)12(19)9-13(11)20/h8-9,14,21H,3-7H2,1-2H3. The summed E-state index contributed by atoms with van der Waals surface area (Å²) in [4.78, 5) is 12.6. The first-order valence-corrected chi connectivity index (χ1v) is 9.32. The Morgan fingerprint density at radius 1 is 1.46 bits per heavy atom. The number of rotatable bonds is 3. The van der Waals surface area contributed by atoms with E-state index in [0.29, 0.717) is 23.6 Å². The van der Waals surface area contributed by atoms with Crippen molar-refractivity contribution in [3.8, 4) is 0 Å². The Bertz CT molecular complexity index is 713. The van der Waals surface area contributed by atoms with Gasteiger partial charge in [0.2, 0.25) is 0 Å². The second-order valence-corrected chi connectivity index (χ2v) is 7.54. The zero-order chi connectivity index (χ0) is 17.5. The van der Waals surface area contributed by atoms with Gasteiger partial charge in [0.1, 0.15) is 11.7 Å². The summed E-state index contributed by atoms with van der Waals surface area (Å²) in [6, 6.07) is 3.52. The third kappa shape index (κ3) is 2.76. The fraction of sp³-hybridized carbons (Fsp3) is 0.500. The number of hydrogen-bond acceptors (Lipinski definition) is 4. The van der Waals surface area contributed by atoms with Crippen molar-refractivity contribution in [2.45, 2.75) is 51.2 Å². The monoisotopic (exact) mass is 414 g/mol. The fourth-order valence-electron chi connectivity index (χ4n) is 3.58. The Balaban J connectivity index is 2.12. The first-order valence-electron chi connectivity index (χ1n) is 8.15. The zero-order valence-electron chi connectivity index (χ0n) is 13.7. The first-order chi connectivity index (χ1) is 11.4. The molecule has 4 nitrogen and oxygen atoms in total. The van der Waals surface area contributed by atoms with E-state index in [0.717, 1.165) is 29.3 Å². The fourth-order valence-corrected chi connectivity index (χ4v) is 4.31. The lowest BCUT2D eigenvalue weighted by Crippen LogP contribution is -2.48. The van der Waals surface area contributed by atoms with Crippen molar-refractivity contribution in [3.63, 3.8) is 0 Å². The molecule has 1 aliphatic carbocycles. The highest BCUT2D eigenvalue weighted by Gasteiger charge is 2.55. The molecular weight excluding hydrogens is 396 g/mol. The predicted octanol–water partition coefficient (Wildman–Crippen LogP) is 4.95. The van der Waals surface area contributed by atoms with Gasteiger partial charge in [-0.15, -0.1) is 0 Å². The summed E-state index contributed by atoms with van der Waals surface area (Å²) in [6.45, 7) is 4.31. The van der Waals surface area contributed by atoms with Gasteiger partial charge in [-0.2, -0.15) is 0 Å². The molecule has 1 aromatic rings. The van der Waals surface area contributed by atoms with Gasteiger partial charge in [0.15, 0.2) is 11.4 Å². The van der Waals surface area contributed by atoms with Gasteiger partial charge >= 0.3 is 5.97 Å². The van der Waals surface area contributed by atoms with E-state index in [4.69, 9.17) is 21.1 Å². The van der Waals surface area contributed by atoms with Crippen LogP contribution in [0.3, 0.4) is 0 Å². The third-order valence-electron chi connectivity index (χ3n) is 4.79. The summed E-state index contributed by atoms with van der Waals surface area (Å²) in [6.07, 6.45) is 2.86. The Labute approximate surface area is 154 Å². The number of aryl methyl sites for hydroxylation is 1. The van der Waals surface area contributed by atoms with Crippen LogP contribution in [0, 0.1) is 6.92 Å². The minimum Gasteiger partial charge on any atom is -0.507 e. The Hall–Kier alpha value is -1.04. The van der Waals surface area contributed by atoms with Crippen LogP contribution in [0.5, 0.6) is 0 Å². The van der Waals surface area contributed by atoms with Gasteiger partial charge in [0, 0.05) is 21.7 Å². The lowest BCUT2D eigenvalue weighted by molar-refractivity contribution is -0.170.